The zero-order valence-electron chi connectivity index (χ0n) is 11.2. The number of aliphatic carboxylic acids is 1. The molecule has 0 aromatic heterocycles. The number of benzene rings is 1. The lowest BCUT2D eigenvalue weighted by Crippen LogP contribution is -2.35. The number of carboxylic acids is 2. The van der Waals surface area contributed by atoms with Crippen molar-refractivity contribution in [2.24, 2.45) is 11.8 Å². The van der Waals surface area contributed by atoms with Crippen LogP contribution in [0.5, 0.6) is 0 Å². The molecule has 0 bridgehead atoms. The molecule has 6 nitrogen and oxygen atoms in total. The van der Waals surface area contributed by atoms with Gasteiger partial charge in [0.2, 0.25) is 5.91 Å². The highest BCUT2D eigenvalue weighted by molar-refractivity contribution is 6.02. The molecule has 0 heterocycles. The Hall–Kier alpha value is -2.63. The molecular weight excluding hydrogens is 274 g/mol. The van der Waals surface area contributed by atoms with Crippen LogP contribution in [-0.4, -0.2) is 28.1 Å². The van der Waals surface area contributed by atoms with Crippen LogP contribution in [0, 0.1) is 11.8 Å². The number of carbonyl (C=O) groups excluding carboxylic acids is 1. The Morgan fingerprint density at radius 2 is 1.62 bits per heavy atom. The van der Waals surface area contributed by atoms with Crippen LogP contribution in [0.4, 0.5) is 5.69 Å². The van der Waals surface area contributed by atoms with Gasteiger partial charge in [-0.25, -0.2) is 4.79 Å². The number of amides is 1. The number of para-hydroxylation sites is 1. The lowest BCUT2D eigenvalue weighted by Gasteiger charge is -2.24. The van der Waals surface area contributed by atoms with Crippen LogP contribution in [0.15, 0.2) is 36.4 Å². The van der Waals surface area contributed by atoms with E-state index in [1.807, 2.05) is 0 Å². The number of carbonyl (C=O) groups is 3. The van der Waals surface area contributed by atoms with Gasteiger partial charge in [0, 0.05) is 0 Å². The summed E-state index contributed by atoms with van der Waals surface area (Å²) in [7, 11) is 0. The lowest BCUT2D eigenvalue weighted by atomic mass is 9.82. The van der Waals surface area contributed by atoms with Crippen LogP contribution >= 0.6 is 0 Å². The van der Waals surface area contributed by atoms with E-state index in [0.717, 1.165) is 0 Å². The van der Waals surface area contributed by atoms with Crippen molar-refractivity contribution < 1.29 is 24.6 Å². The van der Waals surface area contributed by atoms with Crippen LogP contribution in [0.1, 0.15) is 23.2 Å². The number of nitrogens with one attached hydrogen (secondary N) is 1. The summed E-state index contributed by atoms with van der Waals surface area (Å²) in [6.45, 7) is 0. The molecule has 0 saturated carbocycles. The number of anilines is 1. The van der Waals surface area contributed by atoms with E-state index in [4.69, 9.17) is 10.2 Å². The maximum absolute atomic E-state index is 12.3. The van der Waals surface area contributed by atoms with Gasteiger partial charge in [-0.05, 0) is 25.0 Å². The lowest BCUT2D eigenvalue weighted by molar-refractivity contribution is -0.146. The second-order valence-corrected chi connectivity index (χ2v) is 4.83. The second-order valence-electron chi connectivity index (χ2n) is 4.83. The summed E-state index contributed by atoms with van der Waals surface area (Å²) < 4.78 is 0. The number of hydrogen-bond acceptors (Lipinski definition) is 3. The van der Waals surface area contributed by atoms with Gasteiger partial charge in [-0.15, -0.1) is 0 Å². The minimum atomic E-state index is -1.15. The first-order chi connectivity index (χ1) is 10.0. The van der Waals surface area contributed by atoms with Crippen molar-refractivity contribution in [1.82, 2.24) is 0 Å². The third-order valence-corrected chi connectivity index (χ3v) is 3.50. The molecule has 0 saturated heterocycles. The molecule has 110 valence electrons. The molecule has 1 aromatic carbocycles. The van der Waals surface area contributed by atoms with Crippen LogP contribution in [-0.2, 0) is 9.59 Å². The summed E-state index contributed by atoms with van der Waals surface area (Å²) in [6.07, 6.45) is 4.15. The fourth-order valence-corrected chi connectivity index (χ4v) is 2.38. The molecule has 0 fully saturated rings. The molecule has 2 rings (SSSR count). The van der Waals surface area contributed by atoms with E-state index in [1.165, 1.54) is 12.1 Å². The van der Waals surface area contributed by atoms with Crippen molar-refractivity contribution in [2.45, 2.75) is 12.8 Å². The smallest absolute Gasteiger partial charge is 0.337 e. The van der Waals surface area contributed by atoms with Gasteiger partial charge in [0.25, 0.3) is 0 Å². The first kappa shape index (κ1) is 14.8. The van der Waals surface area contributed by atoms with E-state index in [0.29, 0.717) is 12.8 Å². The van der Waals surface area contributed by atoms with Crippen LogP contribution in [0.25, 0.3) is 0 Å². The summed E-state index contributed by atoms with van der Waals surface area (Å²) in [5, 5.41) is 20.8. The molecule has 1 amide bonds. The summed E-state index contributed by atoms with van der Waals surface area (Å²) in [4.78, 5) is 34.5. The van der Waals surface area contributed by atoms with E-state index >= 15 is 0 Å². The van der Waals surface area contributed by atoms with Crippen molar-refractivity contribution in [3.8, 4) is 0 Å². The Morgan fingerprint density at radius 3 is 2.24 bits per heavy atom. The highest BCUT2D eigenvalue weighted by Gasteiger charge is 2.34. The van der Waals surface area contributed by atoms with Gasteiger partial charge < -0.3 is 15.5 Å². The fourth-order valence-electron chi connectivity index (χ4n) is 2.38. The average Bonchev–Trinajstić information content (AvgIpc) is 2.47. The van der Waals surface area contributed by atoms with Crippen molar-refractivity contribution in [3.05, 3.63) is 42.0 Å². The van der Waals surface area contributed by atoms with E-state index in [1.54, 1.807) is 24.3 Å². The molecule has 1 aliphatic rings. The summed E-state index contributed by atoms with van der Waals surface area (Å²) >= 11 is 0. The Kier molecular flexibility index (Phi) is 4.37. The normalized spacial score (nSPS) is 20.8. The summed E-state index contributed by atoms with van der Waals surface area (Å²) in [5.41, 5.74) is 0.151. The molecule has 1 aromatic rings. The molecule has 3 N–H and O–H groups in total. The standard InChI is InChI=1S/C15H15NO5/c17-13(9-5-1-2-6-10(9)14(18)19)16-12-8-4-3-7-11(12)15(20)21/h1-4,7-10H,5-6H2,(H,16,17)(H,18,19)(H,20,21)/t9-,10+/m1/s1. The van der Waals surface area contributed by atoms with Gasteiger partial charge in [0.1, 0.15) is 0 Å². The van der Waals surface area contributed by atoms with Crippen molar-refractivity contribution in [3.63, 3.8) is 0 Å². The number of allylic oxidation sites excluding steroid dienone is 2. The monoisotopic (exact) mass is 289 g/mol. The molecule has 6 heteroatoms. The second kappa shape index (κ2) is 6.21. The van der Waals surface area contributed by atoms with E-state index in [-0.39, 0.29) is 11.3 Å². The molecule has 0 spiro atoms. The van der Waals surface area contributed by atoms with Gasteiger partial charge in [-0.1, -0.05) is 24.3 Å². The zero-order valence-corrected chi connectivity index (χ0v) is 11.2. The minimum absolute atomic E-state index is 0.0240. The molecule has 0 unspecified atom stereocenters. The molecule has 21 heavy (non-hydrogen) atoms. The number of rotatable bonds is 4. The Morgan fingerprint density at radius 1 is 1.00 bits per heavy atom. The van der Waals surface area contributed by atoms with Gasteiger partial charge in [0.15, 0.2) is 0 Å². The van der Waals surface area contributed by atoms with Gasteiger partial charge in [0.05, 0.1) is 23.1 Å². The van der Waals surface area contributed by atoms with Gasteiger partial charge in [-0.3, -0.25) is 9.59 Å². The van der Waals surface area contributed by atoms with Crippen molar-refractivity contribution >= 4 is 23.5 Å². The molecule has 2 atom stereocenters. The number of hydrogen-bond donors (Lipinski definition) is 3. The summed E-state index contributed by atoms with van der Waals surface area (Å²) in [6, 6.07) is 6.03. The topological polar surface area (TPSA) is 104 Å². The van der Waals surface area contributed by atoms with Gasteiger partial charge in [-0.2, -0.15) is 0 Å². The van der Waals surface area contributed by atoms with E-state index in [2.05, 4.69) is 5.32 Å². The quantitative estimate of drug-likeness (QED) is 0.735. The highest BCUT2D eigenvalue weighted by Crippen LogP contribution is 2.27. The largest absolute Gasteiger partial charge is 0.481 e. The average molecular weight is 289 g/mol. The molecule has 1 aliphatic carbocycles. The third kappa shape index (κ3) is 3.28. The van der Waals surface area contributed by atoms with E-state index in [9.17, 15) is 14.4 Å². The minimum Gasteiger partial charge on any atom is -0.481 e. The SMILES string of the molecule is O=C(O)c1ccccc1NC(=O)[C@@H]1CC=CC[C@@H]1C(=O)O. The maximum atomic E-state index is 12.3. The highest BCUT2D eigenvalue weighted by atomic mass is 16.4. The Balaban J connectivity index is 2.20. The predicted octanol–water partition coefficient (Wildman–Crippen LogP) is 1.99. The van der Waals surface area contributed by atoms with Crippen molar-refractivity contribution in [2.75, 3.05) is 5.32 Å². The predicted molar refractivity (Wildman–Crippen MR) is 75.0 cm³/mol. The molecular formula is C15H15NO5. The first-order valence-electron chi connectivity index (χ1n) is 6.51. The zero-order chi connectivity index (χ0) is 15.4. The van der Waals surface area contributed by atoms with E-state index < -0.39 is 29.7 Å². The van der Waals surface area contributed by atoms with Crippen molar-refractivity contribution in [1.29, 1.82) is 0 Å². The Labute approximate surface area is 121 Å². The fraction of sp³-hybridized carbons (Fsp3) is 0.267. The first-order valence-corrected chi connectivity index (χ1v) is 6.51. The number of carboxylic acid groups (broad SMARTS) is 2. The molecule has 0 radical (unpaired) electrons. The van der Waals surface area contributed by atoms with Gasteiger partial charge >= 0.3 is 11.9 Å². The third-order valence-electron chi connectivity index (χ3n) is 3.50. The van der Waals surface area contributed by atoms with Crippen LogP contribution in [0.3, 0.4) is 0 Å². The summed E-state index contributed by atoms with van der Waals surface area (Å²) in [5.74, 6) is -4.13. The number of aromatic carboxylic acids is 1. The van der Waals surface area contributed by atoms with Crippen LogP contribution < -0.4 is 5.32 Å². The Bertz CT molecular complexity index is 608. The molecule has 0 aliphatic heterocycles. The van der Waals surface area contributed by atoms with Crippen LogP contribution in [0.2, 0.25) is 0 Å². The maximum Gasteiger partial charge on any atom is 0.337 e.